The molecule has 1 amide bonds. The van der Waals surface area contributed by atoms with Crippen molar-refractivity contribution in [2.75, 3.05) is 19.6 Å². The fourth-order valence-corrected chi connectivity index (χ4v) is 4.52. The highest BCUT2D eigenvalue weighted by Gasteiger charge is 2.31. The minimum atomic E-state index is -0.561. The largest absolute Gasteiger partial charge is 0.390 e. The Labute approximate surface area is 162 Å². The van der Waals surface area contributed by atoms with Gasteiger partial charge in [-0.05, 0) is 44.4 Å². The van der Waals surface area contributed by atoms with Crippen molar-refractivity contribution in [1.82, 2.24) is 20.2 Å². The smallest absolute Gasteiger partial charge is 0.271 e. The Morgan fingerprint density at radius 3 is 2.89 bits per heavy atom. The van der Waals surface area contributed by atoms with Crippen LogP contribution in [0.5, 0.6) is 0 Å². The third-order valence-electron chi connectivity index (χ3n) is 6.14. The second kappa shape index (κ2) is 8.48. The van der Waals surface area contributed by atoms with E-state index >= 15 is 0 Å². The van der Waals surface area contributed by atoms with Crippen molar-refractivity contribution in [1.29, 1.82) is 0 Å². The molecule has 0 unspecified atom stereocenters. The third kappa shape index (κ3) is 4.93. The molecule has 1 aromatic heterocycles. The highest BCUT2D eigenvalue weighted by atomic mass is 16.3. The average molecular weight is 373 g/mol. The summed E-state index contributed by atoms with van der Waals surface area (Å²) >= 11 is 0. The van der Waals surface area contributed by atoms with E-state index in [1.165, 1.54) is 37.9 Å². The van der Waals surface area contributed by atoms with Gasteiger partial charge in [0.1, 0.15) is 5.69 Å². The van der Waals surface area contributed by atoms with Gasteiger partial charge in [-0.2, -0.15) is 0 Å². The lowest BCUT2D eigenvalue weighted by molar-refractivity contribution is 0.0377. The van der Waals surface area contributed by atoms with Gasteiger partial charge in [-0.25, -0.2) is 4.98 Å². The lowest BCUT2D eigenvalue weighted by Crippen LogP contribution is -2.54. The Kier molecular flexibility index (Phi) is 6.27. The molecule has 6 nitrogen and oxygen atoms in total. The van der Waals surface area contributed by atoms with Crippen LogP contribution in [0.3, 0.4) is 0 Å². The van der Waals surface area contributed by atoms with E-state index in [1.54, 1.807) is 11.1 Å². The van der Waals surface area contributed by atoms with E-state index < -0.39 is 6.10 Å². The normalized spacial score (nSPS) is 26.1. The number of aliphatic hydroxyl groups is 1. The molecule has 1 aliphatic heterocycles. The molecule has 0 bridgehead atoms. The zero-order valence-electron chi connectivity index (χ0n) is 16.7. The van der Waals surface area contributed by atoms with Crippen LogP contribution in [0, 0.1) is 5.41 Å². The van der Waals surface area contributed by atoms with Gasteiger partial charge < -0.3 is 15.3 Å². The fraction of sp³-hybridized carbons (Fsp3) is 0.667. The number of aliphatic hydroxyl groups excluding tert-OH is 1. The minimum absolute atomic E-state index is 0.233. The Morgan fingerprint density at radius 2 is 2.22 bits per heavy atom. The maximum Gasteiger partial charge on any atom is 0.271 e. The highest BCUT2D eigenvalue weighted by molar-refractivity contribution is 5.92. The van der Waals surface area contributed by atoms with E-state index in [0.29, 0.717) is 12.0 Å². The van der Waals surface area contributed by atoms with Crippen molar-refractivity contribution < 1.29 is 9.90 Å². The molecular formula is C21H32N4O2. The van der Waals surface area contributed by atoms with Gasteiger partial charge in [-0.1, -0.05) is 25.0 Å². The monoisotopic (exact) mass is 372 g/mol. The van der Waals surface area contributed by atoms with Gasteiger partial charge in [0.25, 0.3) is 5.91 Å². The van der Waals surface area contributed by atoms with E-state index in [9.17, 15) is 9.90 Å². The number of allylic oxidation sites excluding steroid dienone is 1. The number of carbonyl (C=O) groups excluding carboxylic acids is 1. The molecular weight excluding hydrogens is 340 g/mol. The van der Waals surface area contributed by atoms with Crippen LogP contribution < -0.4 is 5.32 Å². The fourth-order valence-electron chi connectivity index (χ4n) is 4.52. The van der Waals surface area contributed by atoms with Crippen molar-refractivity contribution in [3.05, 3.63) is 35.4 Å². The molecule has 2 heterocycles. The summed E-state index contributed by atoms with van der Waals surface area (Å²) in [4.78, 5) is 22.5. The van der Waals surface area contributed by atoms with Crippen molar-refractivity contribution in [2.24, 2.45) is 5.41 Å². The minimum Gasteiger partial charge on any atom is -0.390 e. The van der Waals surface area contributed by atoms with Crippen molar-refractivity contribution in [2.45, 2.75) is 65.0 Å². The molecule has 2 N–H and O–H groups in total. The number of hydrogen-bond acceptors (Lipinski definition) is 5. The van der Waals surface area contributed by atoms with E-state index in [1.807, 2.05) is 0 Å². The van der Waals surface area contributed by atoms with Crippen molar-refractivity contribution >= 4 is 5.91 Å². The van der Waals surface area contributed by atoms with Crippen LogP contribution >= 0.6 is 0 Å². The molecule has 2 aliphatic rings. The molecule has 1 saturated heterocycles. The highest BCUT2D eigenvalue weighted by Crippen LogP contribution is 2.41. The number of aromatic nitrogens is 2. The number of carbonyl (C=O) groups is 1. The average Bonchev–Trinajstić information content (AvgIpc) is 2.63. The Balaban J connectivity index is 1.51. The molecule has 2 atom stereocenters. The van der Waals surface area contributed by atoms with Crippen molar-refractivity contribution in [3.8, 4) is 0 Å². The van der Waals surface area contributed by atoms with Crippen LogP contribution in [-0.4, -0.2) is 57.7 Å². The molecule has 27 heavy (non-hydrogen) atoms. The van der Waals surface area contributed by atoms with Gasteiger partial charge in [0.2, 0.25) is 0 Å². The number of hydrogen-bond donors (Lipinski definition) is 2. The van der Waals surface area contributed by atoms with Crippen LogP contribution in [-0.2, 0) is 0 Å². The van der Waals surface area contributed by atoms with Gasteiger partial charge in [0, 0.05) is 32.0 Å². The Bertz CT molecular complexity index is 687. The summed E-state index contributed by atoms with van der Waals surface area (Å²) in [5.74, 6) is -0.273. The van der Waals surface area contributed by atoms with Crippen LogP contribution in [0.25, 0.3) is 0 Å². The topological polar surface area (TPSA) is 78.4 Å². The summed E-state index contributed by atoms with van der Waals surface area (Å²) in [6.45, 7) is 9.44. The first-order valence-electron chi connectivity index (χ1n) is 10.0. The van der Waals surface area contributed by atoms with E-state index in [2.05, 4.69) is 41.0 Å². The number of β-amino-alcohol motifs (C(OH)–C–C–N with tert-alkyl or cyclic N) is 1. The molecule has 1 aliphatic carbocycles. The third-order valence-corrected chi connectivity index (χ3v) is 6.14. The van der Waals surface area contributed by atoms with Crippen LogP contribution in [0.4, 0.5) is 0 Å². The molecule has 6 heteroatoms. The number of nitrogens with zero attached hydrogens (tertiary/aromatic N) is 3. The first-order valence-corrected chi connectivity index (χ1v) is 10.0. The maximum absolute atomic E-state index is 12.2. The molecule has 0 spiro atoms. The molecule has 0 radical (unpaired) electrons. The summed E-state index contributed by atoms with van der Waals surface area (Å²) in [5, 5.41) is 13.4. The molecule has 1 aromatic rings. The SMILES string of the molecule is CC1=C(CCN2CC[C@H](NC(=O)c3cnccn3)[C@@H](O)C2)C(C)(C)CCC1. The number of nitrogens with one attached hydrogen (secondary N) is 1. The second-order valence-corrected chi connectivity index (χ2v) is 8.57. The van der Waals surface area contributed by atoms with Crippen LogP contribution in [0.2, 0.25) is 0 Å². The van der Waals surface area contributed by atoms with Gasteiger partial charge in [-0.3, -0.25) is 9.78 Å². The summed E-state index contributed by atoms with van der Waals surface area (Å²) in [6, 6.07) is -0.233. The Hall–Kier alpha value is -1.79. The quantitative estimate of drug-likeness (QED) is 0.777. The zero-order valence-corrected chi connectivity index (χ0v) is 16.7. The molecule has 3 rings (SSSR count). The van der Waals surface area contributed by atoms with Crippen LogP contribution in [0.1, 0.15) is 63.4 Å². The standard InChI is InChI=1S/C21H32N4O2/c1-15-5-4-8-21(2,3)16(15)6-11-25-12-7-17(19(26)14-25)24-20(27)18-13-22-9-10-23-18/h9-10,13,17,19,26H,4-8,11-12,14H2,1-3H3,(H,24,27)/t17-,19-/m0/s1. The maximum atomic E-state index is 12.2. The first-order chi connectivity index (χ1) is 12.9. The van der Waals surface area contributed by atoms with E-state index in [4.69, 9.17) is 0 Å². The van der Waals surface area contributed by atoms with Crippen molar-refractivity contribution in [3.63, 3.8) is 0 Å². The lowest BCUT2D eigenvalue weighted by atomic mass is 9.71. The molecule has 0 aromatic carbocycles. The van der Waals surface area contributed by atoms with E-state index in [-0.39, 0.29) is 17.6 Å². The molecule has 148 valence electrons. The van der Waals surface area contributed by atoms with Gasteiger partial charge in [-0.15, -0.1) is 0 Å². The summed E-state index contributed by atoms with van der Waals surface area (Å²) < 4.78 is 0. The number of piperidine rings is 1. The van der Waals surface area contributed by atoms with Crippen LogP contribution in [0.15, 0.2) is 29.7 Å². The lowest BCUT2D eigenvalue weighted by Gasteiger charge is -2.39. The molecule has 1 fully saturated rings. The summed E-state index contributed by atoms with van der Waals surface area (Å²) in [7, 11) is 0. The predicted octanol–water partition coefficient (Wildman–Crippen LogP) is 2.56. The number of rotatable bonds is 5. The predicted molar refractivity (Wildman–Crippen MR) is 105 cm³/mol. The van der Waals surface area contributed by atoms with Gasteiger partial charge in [0.15, 0.2) is 0 Å². The summed E-state index contributed by atoms with van der Waals surface area (Å²) in [6.07, 6.45) is 9.50. The number of amides is 1. The first kappa shape index (κ1) is 20.0. The molecule has 0 saturated carbocycles. The summed E-state index contributed by atoms with van der Waals surface area (Å²) in [5.41, 5.74) is 3.73. The Morgan fingerprint density at radius 1 is 1.41 bits per heavy atom. The van der Waals surface area contributed by atoms with Gasteiger partial charge >= 0.3 is 0 Å². The van der Waals surface area contributed by atoms with E-state index in [0.717, 1.165) is 25.9 Å². The second-order valence-electron chi connectivity index (χ2n) is 8.57. The number of likely N-dealkylation sites (tertiary alicyclic amines) is 1. The van der Waals surface area contributed by atoms with Gasteiger partial charge in [0.05, 0.1) is 18.3 Å². The zero-order chi connectivity index (χ0) is 19.4.